The zero-order valence-electron chi connectivity index (χ0n) is 14.7. The molecule has 1 aromatic carbocycles. The van der Waals surface area contributed by atoms with Crippen LogP contribution in [0.4, 0.5) is 22.0 Å². The number of benzene rings is 1. The first-order chi connectivity index (χ1) is 12.4. The van der Waals surface area contributed by atoms with E-state index in [4.69, 9.17) is 0 Å². The number of hydrogen-bond acceptors (Lipinski definition) is 5. The highest BCUT2D eigenvalue weighted by atomic mass is 16.5. The van der Waals surface area contributed by atoms with Crippen LogP contribution in [0.5, 0.6) is 0 Å². The van der Waals surface area contributed by atoms with Crippen LogP contribution in [0.1, 0.15) is 24.2 Å². The second-order valence-electron chi connectivity index (χ2n) is 5.73. The first-order valence-corrected chi connectivity index (χ1v) is 7.92. The van der Waals surface area contributed by atoms with E-state index in [1.165, 1.54) is 25.4 Å². The Hall–Kier alpha value is -3.42. The average molecular weight is 356 g/mol. The molecule has 0 bridgehead atoms. The number of amides is 3. The third-order valence-corrected chi connectivity index (χ3v) is 3.35. The summed E-state index contributed by atoms with van der Waals surface area (Å²) in [7, 11) is 1.26. The molecular weight excluding hydrogens is 336 g/mol. The Morgan fingerprint density at radius 3 is 2.35 bits per heavy atom. The van der Waals surface area contributed by atoms with Crippen LogP contribution in [0.25, 0.3) is 0 Å². The third kappa shape index (κ3) is 5.30. The van der Waals surface area contributed by atoms with Gasteiger partial charge in [0.2, 0.25) is 5.91 Å². The predicted molar refractivity (Wildman–Crippen MR) is 98.1 cm³/mol. The summed E-state index contributed by atoms with van der Waals surface area (Å²) in [6.07, 6.45) is 0.841. The van der Waals surface area contributed by atoms with Gasteiger partial charge >= 0.3 is 6.09 Å². The highest BCUT2D eigenvalue weighted by Crippen LogP contribution is 2.17. The quantitative estimate of drug-likeness (QED) is 0.762. The van der Waals surface area contributed by atoms with Crippen molar-refractivity contribution >= 4 is 35.1 Å². The first-order valence-electron chi connectivity index (χ1n) is 7.92. The first kappa shape index (κ1) is 18.9. The minimum atomic E-state index is -0.604. The molecule has 0 atom stereocenters. The fraction of sp³-hybridized carbons (Fsp3) is 0.222. The van der Waals surface area contributed by atoms with E-state index in [1.54, 1.807) is 38.1 Å². The summed E-state index contributed by atoms with van der Waals surface area (Å²) in [5.74, 6) is -0.448. The van der Waals surface area contributed by atoms with Crippen LogP contribution in [0, 0.1) is 5.92 Å². The van der Waals surface area contributed by atoms with Gasteiger partial charge in [0, 0.05) is 29.1 Å². The van der Waals surface area contributed by atoms with Gasteiger partial charge in [-0.3, -0.25) is 14.9 Å². The van der Waals surface area contributed by atoms with Crippen LogP contribution in [0.3, 0.4) is 0 Å². The Labute approximate surface area is 151 Å². The molecular formula is C18H20N4O4. The zero-order valence-corrected chi connectivity index (χ0v) is 14.7. The number of anilines is 3. The molecule has 136 valence electrons. The summed E-state index contributed by atoms with van der Waals surface area (Å²) >= 11 is 0. The zero-order chi connectivity index (χ0) is 19.1. The lowest BCUT2D eigenvalue weighted by Gasteiger charge is -2.10. The Kier molecular flexibility index (Phi) is 6.26. The van der Waals surface area contributed by atoms with Gasteiger partial charge in [-0.25, -0.2) is 9.78 Å². The predicted octanol–water partition coefficient (Wildman–Crippen LogP) is 3.11. The van der Waals surface area contributed by atoms with Crippen molar-refractivity contribution in [3.63, 3.8) is 0 Å². The van der Waals surface area contributed by atoms with E-state index in [0.717, 1.165) is 0 Å². The molecule has 0 unspecified atom stereocenters. The van der Waals surface area contributed by atoms with Gasteiger partial charge in [-0.05, 0) is 30.3 Å². The smallest absolute Gasteiger partial charge is 0.411 e. The van der Waals surface area contributed by atoms with Gasteiger partial charge in [-0.1, -0.05) is 19.9 Å². The average Bonchev–Trinajstić information content (AvgIpc) is 2.62. The fourth-order valence-electron chi connectivity index (χ4n) is 1.96. The van der Waals surface area contributed by atoms with E-state index in [9.17, 15) is 14.4 Å². The van der Waals surface area contributed by atoms with Crippen LogP contribution >= 0.6 is 0 Å². The van der Waals surface area contributed by atoms with Crippen LogP contribution in [-0.2, 0) is 9.53 Å². The number of hydrogen-bond donors (Lipinski definition) is 3. The van der Waals surface area contributed by atoms with Gasteiger partial charge in [0.25, 0.3) is 5.91 Å². The number of methoxy groups -OCH3 is 1. The maximum absolute atomic E-state index is 12.4. The van der Waals surface area contributed by atoms with E-state index in [0.29, 0.717) is 22.8 Å². The minimum absolute atomic E-state index is 0.184. The van der Waals surface area contributed by atoms with Crippen molar-refractivity contribution in [3.05, 3.63) is 48.2 Å². The molecule has 3 N–H and O–H groups in total. The number of nitrogens with zero attached hydrogens (tertiary/aromatic N) is 1. The van der Waals surface area contributed by atoms with Gasteiger partial charge in [-0.15, -0.1) is 0 Å². The molecule has 3 amide bonds. The maximum Gasteiger partial charge on any atom is 0.411 e. The number of nitrogens with one attached hydrogen (secondary N) is 3. The number of pyridine rings is 1. The summed E-state index contributed by atoms with van der Waals surface area (Å²) in [6, 6.07) is 9.66. The molecule has 0 fully saturated rings. The number of carbonyl (C=O) groups is 3. The van der Waals surface area contributed by atoms with Crippen LogP contribution in [-0.4, -0.2) is 30.0 Å². The van der Waals surface area contributed by atoms with Gasteiger partial charge < -0.3 is 15.4 Å². The van der Waals surface area contributed by atoms with E-state index >= 15 is 0 Å². The highest BCUT2D eigenvalue weighted by Gasteiger charge is 2.11. The summed E-state index contributed by atoms with van der Waals surface area (Å²) < 4.78 is 4.53. The molecule has 8 heteroatoms. The molecule has 2 aromatic rings. The van der Waals surface area contributed by atoms with E-state index < -0.39 is 6.09 Å². The van der Waals surface area contributed by atoms with Crippen molar-refractivity contribution in [2.24, 2.45) is 5.92 Å². The third-order valence-electron chi connectivity index (χ3n) is 3.35. The van der Waals surface area contributed by atoms with Gasteiger partial charge in [0.05, 0.1) is 7.11 Å². The molecule has 0 saturated heterocycles. The number of carbonyl (C=O) groups excluding carboxylic acids is 3. The SMILES string of the molecule is COC(=O)Nc1cccc(NC(=O)c2ccnc(NC(=O)C(C)C)c2)c1. The van der Waals surface area contributed by atoms with Crippen LogP contribution in [0.2, 0.25) is 0 Å². The maximum atomic E-state index is 12.4. The van der Waals surface area contributed by atoms with Crippen molar-refractivity contribution in [2.75, 3.05) is 23.1 Å². The van der Waals surface area contributed by atoms with Crippen molar-refractivity contribution in [2.45, 2.75) is 13.8 Å². The van der Waals surface area contributed by atoms with Crippen LogP contribution < -0.4 is 16.0 Å². The number of ether oxygens (including phenoxy) is 1. The van der Waals surface area contributed by atoms with Crippen molar-refractivity contribution in [1.82, 2.24) is 4.98 Å². The lowest BCUT2D eigenvalue weighted by Crippen LogP contribution is -2.19. The molecule has 1 aromatic heterocycles. The molecule has 0 radical (unpaired) electrons. The highest BCUT2D eigenvalue weighted by molar-refractivity contribution is 6.05. The van der Waals surface area contributed by atoms with Gasteiger partial charge in [-0.2, -0.15) is 0 Å². The lowest BCUT2D eigenvalue weighted by molar-refractivity contribution is -0.118. The standard InChI is InChI=1S/C18H20N4O4/c1-11(2)16(23)22-15-9-12(7-8-19-15)17(24)20-13-5-4-6-14(10-13)21-18(25)26-3/h4-11H,1-3H3,(H,20,24)(H,21,25)(H,19,22,23). The Bertz CT molecular complexity index is 820. The molecule has 26 heavy (non-hydrogen) atoms. The van der Waals surface area contributed by atoms with Crippen LogP contribution in [0.15, 0.2) is 42.6 Å². The van der Waals surface area contributed by atoms with Crippen molar-refractivity contribution in [3.8, 4) is 0 Å². The summed E-state index contributed by atoms with van der Waals surface area (Å²) in [5.41, 5.74) is 1.31. The second kappa shape index (κ2) is 8.61. The van der Waals surface area contributed by atoms with E-state index in [-0.39, 0.29) is 17.7 Å². The summed E-state index contributed by atoms with van der Waals surface area (Å²) in [5, 5.41) is 7.88. The molecule has 0 aliphatic carbocycles. The number of aromatic nitrogens is 1. The largest absolute Gasteiger partial charge is 0.453 e. The monoisotopic (exact) mass is 356 g/mol. The second-order valence-corrected chi connectivity index (χ2v) is 5.73. The normalized spacial score (nSPS) is 10.2. The fourth-order valence-corrected chi connectivity index (χ4v) is 1.96. The summed E-state index contributed by atoms with van der Waals surface area (Å²) in [6.45, 7) is 3.53. The summed E-state index contributed by atoms with van der Waals surface area (Å²) in [4.78, 5) is 39.4. The number of rotatable bonds is 5. The Morgan fingerprint density at radius 2 is 1.69 bits per heavy atom. The van der Waals surface area contributed by atoms with E-state index in [2.05, 4.69) is 25.7 Å². The molecule has 8 nitrogen and oxygen atoms in total. The minimum Gasteiger partial charge on any atom is -0.453 e. The molecule has 0 spiro atoms. The van der Waals surface area contributed by atoms with E-state index in [1.807, 2.05) is 0 Å². The van der Waals surface area contributed by atoms with Gasteiger partial charge in [0.1, 0.15) is 5.82 Å². The molecule has 0 aliphatic heterocycles. The molecule has 2 rings (SSSR count). The van der Waals surface area contributed by atoms with Gasteiger partial charge in [0.15, 0.2) is 0 Å². The van der Waals surface area contributed by atoms with Crippen molar-refractivity contribution < 1.29 is 19.1 Å². The molecule has 0 aliphatic rings. The molecule has 0 saturated carbocycles. The van der Waals surface area contributed by atoms with Crippen molar-refractivity contribution in [1.29, 1.82) is 0 Å². The Balaban J connectivity index is 2.09. The Morgan fingerprint density at radius 1 is 1.00 bits per heavy atom. The lowest BCUT2D eigenvalue weighted by atomic mass is 10.2. The molecule has 1 heterocycles. The topological polar surface area (TPSA) is 109 Å².